The van der Waals surface area contributed by atoms with Gasteiger partial charge in [-0.3, -0.25) is 4.79 Å². The molecule has 0 unspecified atom stereocenters. The lowest BCUT2D eigenvalue weighted by Gasteiger charge is -2.16. The smallest absolute Gasteiger partial charge is 0.306 e. The molecule has 3 heterocycles. The van der Waals surface area contributed by atoms with Crippen molar-refractivity contribution >= 4 is 64.3 Å². The molecule has 49 heavy (non-hydrogen) atoms. The van der Waals surface area contributed by atoms with Crippen LogP contribution in [0.2, 0.25) is 10.0 Å². The summed E-state index contributed by atoms with van der Waals surface area (Å²) in [6.07, 6.45) is 7.18. The van der Waals surface area contributed by atoms with Crippen LogP contribution in [-0.2, 0) is 0 Å². The zero-order valence-electron chi connectivity index (χ0n) is 25.9. The Morgan fingerprint density at radius 3 is 1.88 bits per heavy atom. The Balaban J connectivity index is 0.000000174. The van der Waals surface area contributed by atoms with Gasteiger partial charge in [-0.2, -0.15) is 14.9 Å². The van der Waals surface area contributed by atoms with E-state index in [2.05, 4.69) is 39.8 Å². The van der Waals surface area contributed by atoms with E-state index in [1.165, 1.54) is 9.36 Å². The number of halogens is 2. The molecule has 4 aromatic carbocycles. The highest BCUT2D eigenvalue weighted by Gasteiger charge is 2.20. The van der Waals surface area contributed by atoms with Gasteiger partial charge in [0.1, 0.15) is 0 Å². The number of aromatic nitrogens is 4. The zero-order valence-corrected chi connectivity index (χ0v) is 28.3. The van der Waals surface area contributed by atoms with Gasteiger partial charge in [0.05, 0.1) is 17.3 Å². The summed E-state index contributed by atoms with van der Waals surface area (Å²) < 4.78 is 2.65. The fourth-order valence-electron chi connectivity index (χ4n) is 4.96. The Bertz CT molecular complexity index is 2100. The van der Waals surface area contributed by atoms with Gasteiger partial charge in [-0.15, -0.1) is 11.3 Å². The molecule has 0 spiro atoms. The van der Waals surface area contributed by atoms with E-state index in [0.29, 0.717) is 21.3 Å². The van der Waals surface area contributed by atoms with Crippen molar-refractivity contribution in [3.63, 3.8) is 0 Å². The van der Waals surface area contributed by atoms with Crippen LogP contribution in [0.1, 0.15) is 43.7 Å². The molecule has 7 rings (SSSR count). The van der Waals surface area contributed by atoms with Crippen molar-refractivity contribution in [2.45, 2.75) is 5.92 Å². The largest absolute Gasteiger partial charge is 0.346 e. The number of rotatable bonds is 7. The van der Waals surface area contributed by atoms with Crippen molar-refractivity contribution < 1.29 is 9.59 Å². The molecule has 1 N–H and O–H groups in total. The Morgan fingerprint density at radius 2 is 1.27 bits per heavy atom. The van der Waals surface area contributed by atoms with Crippen molar-refractivity contribution in [3.8, 4) is 0 Å². The minimum absolute atomic E-state index is 0.0355. The summed E-state index contributed by atoms with van der Waals surface area (Å²) in [4.78, 5) is 25.9. The Kier molecular flexibility index (Phi) is 10.9. The molecule has 0 fully saturated rings. The van der Waals surface area contributed by atoms with Gasteiger partial charge in [-0.05, 0) is 95.4 Å². The molecule has 1 amide bonds. The first-order valence-corrected chi connectivity index (χ1v) is 16.9. The third-order valence-corrected chi connectivity index (χ3v) is 8.69. The van der Waals surface area contributed by atoms with E-state index in [-0.39, 0.29) is 17.9 Å². The van der Waals surface area contributed by atoms with E-state index in [0.717, 1.165) is 27.4 Å². The van der Waals surface area contributed by atoms with Crippen LogP contribution in [0.4, 0.5) is 10.5 Å². The summed E-state index contributed by atoms with van der Waals surface area (Å²) in [6, 6.07) is 41.5. The third kappa shape index (κ3) is 8.88. The van der Waals surface area contributed by atoms with Crippen LogP contribution in [0.3, 0.4) is 0 Å². The molecule has 0 radical (unpaired) electrons. The van der Waals surface area contributed by atoms with E-state index in [1.807, 2.05) is 72.1 Å². The Morgan fingerprint density at radius 1 is 0.653 bits per heavy atom. The van der Waals surface area contributed by atoms with Crippen molar-refractivity contribution in [2.75, 3.05) is 5.32 Å². The topological polar surface area (TPSA) is 81.8 Å². The monoisotopic (exact) mass is 701 g/mol. The van der Waals surface area contributed by atoms with Gasteiger partial charge in [0.15, 0.2) is 0 Å². The van der Waals surface area contributed by atoms with E-state index < -0.39 is 0 Å². The average molecular weight is 703 g/mol. The lowest BCUT2D eigenvalue weighted by atomic mass is 9.89. The number of carbonyl (C=O) groups excluding carboxylic acids is 2. The van der Waals surface area contributed by atoms with Gasteiger partial charge >= 0.3 is 6.03 Å². The summed E-state index contributed by atoms with van der Waals surface area (Å²) in [5.74, 6) is -0.218. The average Bonchev–Trinajstić information content (AvgIpc) is 3.93. The number of hydrogen-bond donors (Lipinski definition) is 1. The fourth-order valence-corrected chi connectivity index (χ4v) is 5.83. The van der Waals surface area contributed by atoms with E-state index in [9.17, 15) is 9.59 Å². The Labute approximate surface area is 297 Å². The second-order valence-corrected chi connectivity index (χ2v) is 12.6. The van der Waals surface area contributed by atoms with E-state index in [4.69, 9.17) is 23.2 Å². The first kappa shape index (κ1) is 33.4. The molecule has 7 nitrogen and oxygen atoms in total. The molecule has 10 heteroatoms. The van der Waals surface area contributed by atoms with E-state index in [1.54, 1.807) is 78.3 Å². The van der Waals surface area contributed by atoms with Crippen LogP contribution in [-0.4, -0.2) is 31.5 Å². The van der Waals surface area contributed by atoms with Crippen molar-refractivity contribution in [1.29, 1.82) is 0 Å². The van der Waals surface area contributed by atoms with Gasteiger partial charge in [0.25, 0.3) is 5.91 Å². The summed E-state index contributed by atoms with van der Waals surface area (Å²) in [6.45, 7) is 0. The van der Waals surface area contributed by atoms with Crippen LogP contribution in [0.5, 0.6) is 0 Å². The minimum Gasteiger partial charge on any atom is -0.306 e. The number of hydrogen-bond acceptors (Lipinski definition) is 5. The first-order valence-electron chi connectivity index (χ1n) is 15.2. The minimum atomic E-state index is -0.321. The van der Waals surface area contributed by atoms with Crippen LogP contribution >= 0.6 is 34.5 Å². The number of nitrogens with zero attached hydrogens (tertiary/aromatic N) is 4. The maximum absolute atomic E-state index is 12.7. The second kappa shape index (κ2) is 16.0. The standard InChI is InChI=1S/C23H17ClN2O.C16H12ClN3OS/c24-20-13-11-19(12-14-20)23(27)26-16-15-21(25-26)22(17-7-3-1-4-8-17)18-9-5-2-6-10-18;17-12-3-5-13(6-4-12)18-16(21)20-10-9-14(19-20)7-8-15-2-1-11-22-15/h1-16,22H;1-11H,(H,18,21)/b;8-7+. The lowest BCUT2D eigenvalue weighted by Crippen LogP contribution is -2.19. The highest BCUT2D eigenvalue weighted by atomic mass is 35.5. The molecule has 0 aliphatic rings. The number of carbonyl (C=O) groups is 2. The Hall–Kier alpha value is -5.54. The molecule has 3 aromatic heterocycles. The van der Waals surface area contributed by atoms with Crippen molar-refractivity contribution in [1.82, 2.24) is 19.6 Å². The summed E-state index contributed by atoms with van der Waals surface area (Å²) in [7, 11) is 0. The van der Waals surface area contributed by atoms with Crippen LogP contribution < -0.4 is 5.32 Å². The normalized spacial score (nSPS) is 10.9. The fraction of sp³-hybridized carbons (Fsp3) is 0.0256. The first-order chi connectivity index (χ1) is 23.9. The molecule has 7 aromatic rings. The number of amides is 1. The number of anilines is 1. The van der Waals surface area contributed by atoms with Crippen LogP contribution in [0.15, 0.2) is 151 Å². The van der Waals surface area contributed by atoms with Crippen LogP contribution in [0.25, 0.3) is 12.2 Å². The SMILES string of the molecule is O=C(Nc1ccc(Cl)cc1)n1ccc(/C=C/c2cccs2)n1.O=C(c1ccc(Cl)cc1)n1ccc(C(c2ccccc2)c2ccccc2)n1. The summed E-state index contributed by atoms with van der Waals surface area (Å²) in [5.41, 5.74) is 5.03. The predicted molar refractivity (Wildman–Crippen MR) is 199 cm³/mol. The number of nitrogens with one attached hydrogen (secondary N) is 1. The van der Waals surface area contributed by atoms with Gasteiger partial charge in [0.2, 0.25) is 0 Å². The van der Waals surface area contributed by atoms with Gasteiger partial charge < -0.3 is 5.32 Å². The molecule has 0 atom stereocenters. The molecule has 0 aliphatic carbocycles. The molecule has 242 valence electrons. The lowest BCUT2D eigenvalue weighted by molar-refractivity contribution is 0.0944. The highest BCUT2D eigenvalue weighted by Crippen LogP contribution is 2.30. The molecule has 0 saturated heterocycles. The third-order valence-electron chi connectivity index (χ3n) is 7.35. The molecular formula is C39H29Cl2N5O2S. The zero-order chi connectivity index (χ0) is 34.0. The summed E-state index contributed by atoms with van der Waals surface area (Å²) in [5, 5.41) is 14.8. The maximum Gasteiger partial charge on any atom is 0.346 e. The van der Waals surface area contributed by atoms with Gasteiger partial charge in [-0.25, -0.2) is 9.48 Å². The second-order valence-electron chi connectivity index (χ2n) is 10.7. The molecule has 0 bridgehead atoms. The van der Waals surface area contributed by atoms with Gasteiger partial charge in [-0.1, -0.05) is 89.9 Å². The quantitative estimate of drug-likeness (QED) is 0.179. The molecular weight excluding hydrogens is 673 g/mol. The number of benzene rings is 4. The van der Waals surface area contributed by atoms with Crippen molar-refractivity contribution in [3.05, 3.63) is 194 Å². The maximum atomic E-state index is 12.7. The molecule has 0 saturated carbocycles. The van der Waals surface area contributed by atoms with E-state index >= 15 is 0 Å². The number of thiophene rings is 1. The van der Waals surface area contributed by atoms with Crippen molar-refractivity contribution in [2.24, 2.45) is 0 Å². The highest BCUT2D eigenvalue weighted by molar-refractivity contribution is 7.10. The molecule has 0 aliphatic heterocycles. The predicted octanol–water partition coefficient (Wildman–Crippen LogP) is 10.3. The van der Waals surface area contributed by atoms with Gasteiger partial charge in [0, 0.05) is 38.6 Å². The van der Waals surface area contributed by atoms with Crippen LogP contribution in [0, 0.1) is 0 Å². The summed E-state index contributed by atoms with van der Waals surface area (Å²) >= 11 is 13.4.